The summed E-state index contributed by atoms with van der Waals surface area (Å²) < 4.78 is 6.00. The Morgan fingerprint density at radius 2 is 1.13 bits per heavy atom. The van der Waals surface area contributed by atoms with Gasteiger partial charge in [-0.2, -0.15) is 0 Å². The molecule has 2 atom stereocenters. The van der Waals surface area contributed by atoms with E-state index in [1.165, 1.54) is 77.0 Å². The van der Waals surface area contributed by atoms with Gasteiger partial charge in [0.1, 0.15) is 11.9 Å². The summed E-state index contributed by atoms with van der Waals surface area (Å²) in [6, 6.07) is 4.01. The van der Waals surface area contributed by atoms with Crippen molar-refractivity contribution in [2.75, 3.05) is 0 Å². The zero-order valence-corrected chi connectivity index (χ0v) is 26.7. The third-order valence-electron chi connectivity index (χ3n) is 7.97. The second-order valence-corrected chi connectivity index (χ2v) is 13.7. The SMILES string of the molecule is CCCCCCCCCCCCCCCC(CC)OC(=O)C(C)c1cc(C(C)(C)C)c(O)c(C(C)(C)C)c1. The minimum Gasteiger partial charge on any atom is -0.507 e. The molecular weight excluding hydrogens is 468 g/mol. The van der Waals surface area contributed by atoms with E-state index < -0.39 is 0 Å². The maximum absolute atomic E-state index is 13.2. The fraction of sp³-hybridized carbons (Fsp3) is 0.800. The van der Waals surface area contributed by atoms with Crippen LogP contribution in [0.3, 0.4) is 0 Å². The van der Waals surface area contributed by atoms with Crippen LogP contribution < -0.4 is 0 Å². The van der Waals surface area contributed by atoms with Gasteiger partial charge in [0.05, 0.1) is 5.92 Å². The molecule has 38 heavy (non-hydrogen) atoms. The minimum absolute atomic E-state index is 0.0149. The molecule has 1 aromatic rings. The molecule has 0 aliphatic carbocycles. The van der Waals surface area contributed by atoms with Crippen LogP contribution >= 0.6 is 0 Å². The van der Waals surface area contributed by atoms with E-state index in [2.05, 4.69) is 55.4 Å². The van der Waals surface area contributed by atoms with E-state index >= 15 is 0 Å². The molecule has 0 bridgehead atoms. The predicted octanol–water partition coefficient (Wildman–Crippen LogP) is 10.9. The van der Waals surface area contributed by atoms with Crippen LogP contribution in [0, 0.1) is 0 Å². The number of phenolic OH excluding ortho intramolecular Hbond substituents is 1. The van der Waals surface area contributed by atoms with Crippen LogP contribution in [0.15, 0.2) is 12.1 Å². The number of unbranched alkanes of at least 4 members (excludes halogenated alkanes) is 12. The molecule has 0 spiro atoms. The molecule has 1 N–H and O–H groups in total. The summed E-state index contributed by atoms with van der Waals surface area (Å²) in [4.78, 5) is 13.2. The number of esters is 1. The molecular formula is C35H62O3. The average molecular weight is 531 g/mol. The number of benzene rings is 1. The van der Waals surface area contributed by atoms with Gasteiger partial charge in [-0.1, -0.05) is 145 Å². The van der Waals surface area contributed by atoms with Crippen molar-refractivity contribution in [1.29, 1.82) is 0 Å². The first-order valence-electron chi connectivity index (χ1n) is 15.9. The Bertz CT molecular complexity index is 761. The van der Waals surface area contributed by atoms with Crippen molar-refractivity contribution in [1.82, 2.24) is 0 Å². The smallest absolute Gasteiger partial charge is 0.313 e. The second kappa shape index (κ2) is 17.2. The van der Waals surface area contributed by atoms with Crippen LogP contribution in [0.25, 0.3) is 0 Å². The van der Waals surface area contributed by atoms with E-state index in [1.54, 1.807) is 0 Å². The summed E-state index contributed by atoms with van der Waals surface area (Å²) in [5, 5.41) is 11.0. The first kappa shape index (κ1) is 34.5. The summed E-state index contributed by atoms with van der Waals surface area (Å²) in [7, 11) is 0. The Balaban J connectivity index is 2.50. The monoisotopic (exact) mass is 530 g/mol. The lowest BCUT2D eigenvalue weighted by atomic mass is 9.77. The van der Waals surface area contributed by atoms with E-state index in [1.807, 2.05) is 19.1 Å². The second-order valence-electron chi connectivity index (χ2n) is 13.7. The quantitative estimate of drug-likeness (QED) is 0.152. The predicted molar refractivity (Wildman–Crippen MR) is 164 cm³/mol. The Morgan fingerprint density at radius 1 is 0.737 bits per heavy atom. The first-order valence-corrected chi connectivity index (χ1v) is 15.9. The van der Waals surface area contributed by atoms with Gasteiger partial charge in [-0.25, -0.2) is 0 Å². The summed E-state index contributed by atoms with van der Waals surface area (Å²) in [6.45, 7) is 18.9. The Hall–Kier alpha value is -1.51. The van der Waals surface area contributed by atoms with Crippen LogP contribution in [0.2, 0.25) is 0 Å². The Labute approximate surface area is 236 Å². The molecule has 0 radical (unpaired) electrons. The summed E-state index contributed by atoms with van der Waals surface area (Å²) in [6.07, 6.45) is 19.3. The third-order valence-corrected chi connectivity index (χ3v) is 7.97. The van der Waals surface area contributed by atoms with E-state index in [9.17, 15) is 9.90 Å². The van der Waals surface area contributed by atoms with Crippen LogP contribution in [0.5, 0.6) is 5.75 Å². The van der Waals surface area contributed by atoms with Crippen LogP contribution in [-0.2, 0) is 20.4 Å². The van der Waals surface area contributed by atoms with Crippen molar-refractivity contribution in [2.45, 2.75) is 181 Å². The van der Waals surface area contributed by atoms with Gasteiger partial charge in [-0.15, -0.1) is 0 Å². The van der Waals surface area contributed by atoms with Crippen LogP contribution in [-0.4, -0.2) is 17.2 Å². The summed E-state index contributed by atoms with van der Waals surface area (Å²) in [5.41, 5.74) is 2.27. The average Bonchev–Trinajstić information content (AvgIpc) is 2.84. The molecule has 1 aromatic carbocycles. The molecule has 0 saturated carbocycles. The summed E-state index contributed by atoms with van der Waals surface area (Å²) in [5.74, 6) is -0.168. The highest BCUT2D eigenvalue weighted by Crippen LogP contribution is 2.41. The molecule has 3 heteroatoms. The molecule has 0 saturated heterocycles. The largest absolute Gasteiger partial charge is 0.507 e. The number of rotatable bonds is 18. The van der Waals surface area contributed by atoms with E-state index in [-0.39, 0.29) is 28.8 Å². The van der Waals surface area contributed by atoms with Crippen molar-refractivity contribution >= 4 is 5.97 Å². The maximum Gasteiger partial charge on any atom is 0.313 e. The number of hydrogen-bond acceptors (Lipinski definition) is 3. The fourth-order valence-corrected chi connectivity index (χ4v) is 5.19. The zero-order chi connectivity index (χ0) is 28.8. The van der Waals surface area contributed by atoms with Crippen molar-refractivity contribution in [3.8, 4) is 5.75 Å². The third kappa shape index (κ3) is 12.6. The minimum atomic E-state index is -0.363. The highest BCUT2D eigenvalue weighted by molar-refractivity contribution is 5.78. The lowest BCUT2D eigenvalue weighted by Gasteiger charge is -2.29. The summed E-state index contributed by atoms with van der Waals surface area (Å²) >= 11 is 0. The van der Waals surface area contributed by atoms with E-state index in [0.29, 0.717) is 5.75 Å². The zero-order valence-electron chi connectivity index (χ0n) is 26.7. The Morgan fingerprint density at radius 3 is 1.50 bits per heavy atom. The van der Waals surface area contributed by atoms with Gasteiger partial charge >= 0.3 is 5.97 Å². The normalized spacial score (nSPS) is 13.9. The molecule has 0 amide bonds. The van der Waals surface area contributed by atoms with Gasteiger partial charge in [0.15, 0.2) is 0 Å². The van der Waals surface area contributed by atoms with Crippen molar-refractivity contribution in [2.24, 2.45) is 0 Å². The number of carbonyl (C=O) groups is 1. The van der Waals surface area contributed by atoms with Gasteiger partial charge in [-0.3, -0.25) is 4.79 Å². The Kier molecular flexibility index (Phi) is 15.7. The van der Waals surface area contributed by atoms with Crippen LogP contribution in [0.1, 0.15) is 181 Å². The highest BCUT2D eigenvalue weighted by Gasteiger charge is 2.29. The van der Waals surface area contributed by atoms with Gasteiger partial charge in [-0.05, 0) is 53.7 Å². The van der Waals surface area contributed by atoms with Gasteiger partial charge in [0.25, 0.3) is 0 Å². The van der Waals surface area contributed by atoms with Crippen molar-refractivity contribution < 1.29 is 14.6 Å². The molecule has 0 aliphatic rings. The number of ether oxygens (including phenoxy) is 1. The molecule has 3 nitrogen and oxygen atoms in total. The van der Waals surface area contributed by atoms with Crippen molar-refractivity contribution in [3.05, 3.63) is 28.8 Å². The fourth-order valence-electron chi connectivity index (χ4n) is 5.19. The van der Waals surface area contributed by atoms with Gasteiger partial charge in [0.2, 0.25) is 0 Å². The molecule has 0 aliphatic heterocycles. The van der Waals surface area contributed by atoms with Crippen LogP contribution in [0.4, 0.5) is 0 Å². The molecule has 2 unspecified atom stereocenters. The number of hydrogen-bond donors (Lipinski definition) is 1. The molecule has 0 fully saturated rings. The highest BCUT2D eigenvalue weighted by atomic mass is 16.5. The van der Waals surface area contributed by atoms with Crippen molar-refractivity contribution in [3.63, 3.8) is 0 Å². The molecule has 220 valence electrons. The molecule has 1 rings (SSSR count). The molecule has 0 aromatic heterocycles. The van der Waals surface area contributed by atoms with Gasteiger partial charge < -0.3 is 9.84 Å². The maximum atomic E-state index is 13.2. The lowest BCUT2D eigenvalue weighted by Crippen LogP contribution is -2.23. The topological polar surface area (TPSA) is 46.5 Å². The molecule has 0 heterocycles. The van der Waals surface area contributed by atoms with Gasteiger partial charge in [0, 0.05) is 0 Å². The number of aromatic hydroxyl groups is 1. The van der Waals surface area contributed by atoms with E-state index in [4.69, 9.17) is 4.74 Å². The lowest BCUT2D eigenvalue weighted by molar-refractivity contribution is -0.151. The standard InChI is InChI=1S/C35H62O3/c1-10-12-13-14-15-16-17-18-19-20-21-22-23-24-29(11-2)38-33(37)27(3)28-25-30(34(4,5)6)32(36)31(26-28)35(7,8)9/h25-27,29,36H,10-24H2,1-9H3. The van der Waals surface area contributed by atoms with E-state index in [0.717, 1.165) is 36.0 Å². The number of carbonyl (C=O) groups excluding carboxylic acids is 1. The number of phenols is 1. The first-order chi connectivity index (χ1) is 17.8.